The largest absolute Gasteiger partial charge is 0.330 e. The number of ketones is 1. The third kappa shape index (κ3) is 5.11. The van der Waals surface area contributed by atoms with Gasteiger partial charge in [0.1, 0.15) is 10.0 Å². The fraction of sp³-hybridized carbons (Fsp3) is 0.0889. The molecule has 4 aromatic carbocycles. The Balaban J connectivity index is 1.09. The summed E-state index contributed by atoms with van der Waals surface area (Å²) in [5.74, 6) is 0.0931. The molecule has 0 spiro atoms. The smallest absolute Gasteiger partial charge is 0.177 e. The van der Waals surface area contributed by atoms with Crippen molar-refractivity contribution in [2.24, 2.45) is 0 Å². The molecule has 7 nitrogen and oxygen atoms in total. The maximum atomic E-state index is 15.3. The normalized spacial score (nSPS) is 13.6. The van der Waals surface area contributed by atoms with Gasteiger partial charge < -0.3 is 9.80 Å². The zero-order chi connectivity index (χ0) is 36.3. The predicted octanol–water partition coefficient (Wildman–Crippen LogP) is 11.3. The number of fused-ring (bicyclic) bond motifs is 10. The van der Waals surface area contributed by atoms with Crippen LogP contribution in [0.25, 0.3) is 64.5 Å². The highest BCUT2D eigenvalue weighted by molar-refractivity contribution is 7.19. The minimum Gasteiger partial charge on any atom is -0.330 e. The highest BCUT2D eigenvalue weighted by atomic mass is 32.1. The van der Waals surface area contributed by atoms with Crippen molar-refractivity contribution < 1.29 is 4.79 Å². The minimum atomic E-state index is -0.524. The first-order chi connectivity index (χ1) is 26.6. The van der Waals surface area contributed by atoms with Gasteiger partial charge in [0.2, 0.25) is 0 Å². The van der Waals surface area contributed by atoms with E-state index in [2.05, 4.69) is 105 Å². The van der Waals surface area contributed by atoms with Gasteiger partial charge in [0.05, 0.1) is 56.0 Å². The molecule has 4 aromatic heterocycles. The molecule has 0 N–H and O–H groups in total. The molecule has 0 amide bonds. The number of nitrogens with zero attached hydrogens (tertiary/aromatic N) is 6. The first-order valence-electron chi connectivity index (χ1n) is 17.9. The monoisotopic (exact) mass is 736 g/mol. The molecule has 0 aliphatic carbocycles. The Morgan fingerprint density at radius 3 is 1.20 bits per heavy atom. The van der Waals surface area contributed by atoms with Crippen LogP contribution in [0.15, 0.2) is 146 Å². The molecule has 54 heavy (non-hydrogen) atoms. The van der Waals surface area contributed by atoms with Crippen LogP contribution >= 0.6 is 22.7 Å². The second-order valence-electron chi connectivity index (χ2n) is 13.4. The lowest BCUT2D eigenvalue weighted by molar-refractivity contribution is -0.120. The van der Waals surface area contributed by atoms with E-state index in [1.54, 1.807) is 47.5 Å². The second kappa shape index (κ2) is 13.0. The summed E-state index contributed by atoms with van der Waals surface area (Å²) in [4.78, 5) is 40.8. The predicted molar refractivity (Wildman–Crippen MR) is 221 cm³/mol. The van der Waals surface area contributed by atoms with E-state index < -0.39 is 12.1 Å². The summed E-state index contributed by atoms with van der Waals surface area (Å²) in [6.07, 6.45) is 7.21. The Morgan fingerprint density at radius 1 is 0.481 bits per heavy atom. The van der Waals surface area contributed by atoms with Gasteiger partial charge in [-0.05, 0) is 62.4 Å². The molecule has 0 bridgehead atoms. The summed E-state index contributed by atoms with van der Waals surface area (Å²) in [6.45, 7) is 4.08. The maximum Gasteiger partial charge on any atom is 0.177 e. The molecule has 2 unspecified atom stereocenters. The fourth-order valence-electron chi connectivity index (χ4n) is 7.82. The maximum absolute atomic E-state index is 15.3. The highest BCUT2D eigenvalue weighted by Crippen LogP contribution is 2.54. The van der Waals surface area contributed by atoms with Crippen molar-refractivity contribution in [2.75, 3.05) is 9.80 Å². The molecule has 0 saturated heterocycles. The number of hydrogen-bond donors (Lipinski definition) is 0. The molecule has 0 radical (unpaired) electrons. The lowest BCUT2D eigenvalue weighted by Gasteiger charge is -2.37. The Kier molecular flexibility index (Phi) is 7.78. The Morgan fingerprint density at radius 2 is 0.815 bits per heavy atom. The number of aromatic nitrogens is 4. The van der Waals surface area contributed by atoms with E-state index in [4.69, 9.17) is 9.97 Å². The van der Waals surface area contributed by atoms with Gasteiger partial charge in [0.15, 0.2) is 5.78 Å². The van der Waals surface area contributed by atoms with Crippen molar-refractivity contribution in [1.82, 2.24) is 19.9 Å². The van der Waals surface area contributed by atoms with Crippen molar-refractivity contribution in [1.29, 1.82) is 0 Å². The average molecular weight is 737 g/mol. The summed E-state index contributed by atoms with van der Waals surface area (Å²) >= 11 is 3.35. The van der Waals surface area contributed by atoms with Gasteiger partial charge in [-0.15, -0.1) is 22.7 Å². The summed E-state index contributed by atoms with van der Waals surface area (Å²) in [7, 11) is 0. The SMILES string of the molecule is CC(C(=O)C(C)N1c2ccccc2-c2nc(-c3ccncc3)sc2-c2ccccc21)N1c2ccccc2-c2nc(-c3ccncc3)sc2-c2ccccc21. The average Bonchev–Trinajstić information content (AvgIpc) is 3.83. The number of hydrogen-bond acceptors (Lipinski definition) is 9. The van der Waals surface area contributed by atoms with E-state index in [9.17, 15) is 0 Å². The van der Waals surface area contributed by atoms with Crippen LogP contribution in [-0.2, 0) is 4.79 Å². The topological polar surface area (TPSA) is 75.1 Å². The fourth-order valence-corrected chi connectivity index (χ4v) is 10.1. The lowest BCUT2D eigenvalue weighted by Crippen LogP contribution is -2.46. The molecule has 10 rings (SSSR count). The molecule has 8 aromatic rings. The first kappa shape index (κ1) is 32.4. The first-order valence-corrected chi connectivity index (χ1v) is 19.5. The molecular weight excluding hydrogens is 705 g/mol. The Labute approximate surface area is 320 Å². The van der Waals surface area contributed by atoms with E-state index in [1.165, 1.54) is 0 Å². The van der Waals surface area contributed by atoms with Crippen LogP contribution in [0, 0.1) is 0 Å². The second-order valence-corrected chi connectivity index (χ2v) is 15.4. The molecule has 2 atom stereocenters. The third-order valence-corrected chi connectivity index (χ3v) is 12.6. The van der Waals surface area contributed by atoms with E-state index >= 15 is 4.79 Å². The van der Waals surface area contributed by atoms with Crippen molar-refractivity contribution in [3.05, 3.63) is 146 Å². The molecule has 6 heterocycles. The number of carbonyl (C=O) groups excluding carboxylic acids is 1. The number of rotatable bonds is 6. The number of pyridine rings is 2. The van der Waals surface area contributed by atoms with Gasteiger partial charge in [-0.1, -0.05) is 72.8 Å². The Bertz CT molecular complexity index is 2390. The van der Waals surface area contributed by atoms with E-state index in [-0.39, 0.29) is 5.78 Å². The van der Waals surface area contributed by atoms with E-state index in [0.717, 1.165) is 87.3 Å². The zero-order valence-corrected chi connectivity index (χ0v) is 31.1. The van der Waals surface area contributed by atoms with Crippen LogP contribution < -0.4 is 9.80 Å². The number of anilines is 4. The van der Waals surface area contributed by atoms with E-state index in [0.29, 0.717) is 0 Å². The third-order valence-electron chi connectivity index (χ3n) is 10.4. The number of para-hydroxylation sites is 4. The molecule has 2 aliphatic heterocycles. The van der Waals surface area contributed by atoms with Gasteiger partial charge in [-0.3, -0.25) is 14.8 Å². The van der Waals surface area contributed by atoms with Crippen molar-refractivity contribution >= 4 is 51.2 Å². The van der Waals surface area contributed by atoms with Crippen LogP contribution in [0.1, 0.15) is 13.8 Å². The number of Topliss-reactive ketones (excluding diaryl/α,β-unsaturated/α-hetero) is 1. The highest BCUT2D eigenvalue weighted by Gasteiger charge is 2.38. The van der Waals surface area contributed by atoms with Gasteiger partial charge in [-0.2, -0.15) is 0 Å². The van der Waals surface area contributed by atoms with Gasteiger partial charge in [-0.25, -0.2) is 9.97 Å². The van der Waals surface area contributed by atoms with Crippen molar-refractivity contribution in [3.8, 4) is 64.5 Å². The zero-order valence-electron chi connectivity index (χ0n) is 29.4. The van der Waals surface area contributed by atoms with Gasteiger partial charge >= 0.3 is 0 Å². The summed E-state index contributed by atoms with van der Waals surface area (Å²) in [6, 6.07) is 40.4. The summed E-state index contributed by atoms with van der Waals surface area (Å²) < 4.78 is 0. The van der Waals surface area contributed by atoms with Crippen LogP contribution in [0.4, 0.5) is 22.7 Å². The summed E-state index contributed by atoms with van der Waals surface area (Å²) in [5.41, 5.74) is 11.9. The molecular formula is C45H32N6OS2. The molecule has 9 heteroatoms. The lowest BCUT2D eigenvalue weighted by atomic mass is 9.99. The standard InChI is InChI=1S/C45H32N6OS2/c1-27(50-35-15-7-3-11-31(35)39-42(33-13-5-9-17-37(33)50)53-44(48-39)29-19-23-46-24-20-29)41(52)28(2)51-36-16-8-4-12-32(36)40-43(34-14-6-10-18-38(34)51)54-45(49-40)30-21-25-47-26-22-30/h3-28H,1-2H3. The van der Waals surface area contributed by atoms with Crippen molar-refractivity contribution in [2.45, 2.75) is 25.9 Å². The molecule has 2 aliphatic rings. The Hall–Kier alpha value is -6.29. The van der Waals surface area contributed by atoms with Gasteiger partial charge in [0, 0.05) is 58.2 Å². The van der Waals surface area contributed by atoms with E-state index in [1.807, 2.05) is 50.2 Å². The molecule has 0 saturated carbocycles. The van der Waals surface area contributed by atoms with Crippen LogP contribution in [0.3, 0.4) is 0 Å². The minimum absolute atomic E-state index is 0.0931. The van der Waals surface area contributed by atoms with Gasteiger partial charge in [0.25, 0.3) is 0 Å². The number of benzene rings is 4. The van der Waals surface area contributed by atoms with Crippen molar-refractivity contribution in [3.63, 3.8) is 0 Å². The molecule has 260 valence electrons. The van der Waals surface area contributed by atoms with Crippen LogP contribution in [0.5, 0.6) is 0 Å². The van der Waals surface area contributed by atoms with Crippen LogP contribution in [0.2, 0.25) is 0 Å². The number of carbonyl (C=O) groups is 1. The summed E-state index contributed by atoms with van der Waals surface area (Å²) in [5, 5.41) is 1.88. The molecule has 0 fully saturated rings. The quantitative estimate of drug-likeness (QED) is 0.168. The number of thiazole rings is 2. The van der Waals surface area contributed by atoms with Crippen LogP contribution in [-0.4, -0.2) is 37.8 Å².